The molecule has 2 N–H and O–H groups in total. The van der Waals surface area contributed by atoms with Gasteiger partial charge in [-0.3, -0.25) is 4.98 Å². The highest BCUT2D eigenvalue weighted by Gasteiger charge is 2.43. The number of nitrogens with zero attached hydrogens (tertiary/aromatic N) is 1. The molecule has 5 nitrogen and oxygen atoms in total. The third kappa shape index (κ3) is 1.76. The normalized spacial score (nSPS) is 21.8. The fourth-order valence-corrected chi connectivity index (χ4v) is 3.35. The molecule has 1 aromatic heterocycles. The first-order valence-electron chi connectivity index (χ1n) is 6.83. The zero-order valence-electron chi connectivity index (χ0n) is 10.7. The van der Waals surface area contributed by atoms with Gasteiger partial charge >= 0.3 is 5.76 Å². The molecule has 3 heterocycles. The standard InChI is InChI=1S/C14H17N3O2/c18-13-16-11-2-1-10(7-12(11)19-13)17-8-14(9-17)3-5-15-6-4-14/h1-2,7,15H,3-6,8-9H2,(H,16,18). The maximum absolute atomic E-state index is 11.2. The molecule has 100 valence electrons. The maximum Gasteiger partial charge on any atom is 0.417 e. The number of aromatic amines is 1. The molecule has 2 aliphatic rings. The summed E-state index contributed by atoms with van der Waals surface area (Å²) in [5.74, 6) is -0.384. The smallest absolute Gasteiger partial charge is 0.408 e. The maximum atomic E-state index is 11.2. The third-order valence-corrected chi connectivity index (χ3v) is 4.49. The molecule has 0 unspecified atom stereocenters. The van der Waals surface area contributed by atoms with Crippen LogP contribution in [0.4, 0.5) is 5.69 Å². The summed E-state index contributed by atoms with van der Waals surface area (Å²) in [6, 6.07) is 5.94. The SMILES string of the molecule is O=c1[nH]c2ccc(N3CC4(CCNCC4)C3)cc2o1. The Morgan fingerprint density at radius 1 is 1.21 bits per heavy atom. The van der Waals surface area contributed by atoms with E-state index >= 15 is 0 Å². The number of hydrogen-bond donors (Lipinski definition) is 2. The van der Waals surface area contributed by atoms with Crippen LogP contribution in [0.1, 0.15) is 12.8 Å². The minimum atomic E-state index is -0.384. The van der Waals surface area contributed by atoms with Gasteiger partial charge in [0.15, 0.2) is 5.58 Å². The van der Waals surface area contributed by atoms with Crippen molar-refractivity contribution in [3.63, 3.8) is 0 Å². The summed E-state index contributed by atoms with van der Waals surface area (Å²) in [7, 11) is 0. The van der Waals surface area contributed by atoms with E-state index in [1.807, 2.05) is 12.1 Å². The summed E-state index contributed by atoms with van der Waals surface area (Å²) in [6.45, 7) is 4.52. The van der Waals surface area contributed by atoms with Crippen molar-refractivity contribution in [3.05, 3.63) is 28.7 Å². The Hall–Kier alpha value is -1.75. The van der Waals surface area contributed by atoms with Gasteiger partial charge in [0.1, 0.15) is 0 Å². The van der Waals surface area contributed by atoms with Crippen molar-refractivity contribution in [1.29, 1.82) is 0 Å². The monoisotopic (exact) mass is 259 g/mol. The lowest BCUT2D eigenvalue weighted by atomic mass is 9.72. The molecule has 4 rings (SSSR count). The number of nitrogens with one attached hydrogen (secondary N) is 2. The first kappa shape index (κ1) is 11.1. The molecule has 0 atom stereocenters. The largest absolute Gasteiger partial charge is 0.417 e. The van der Waals surface area contributed by atoms with Gasteiger partial charge in [-0.05, 0) is 38.1 Å². The number of H-pyrrole nitrogens is 1. The van der Waals surface area contributed by atoms with Gasteiger partial charge in [-0.25, -0.2) is 4.79 Å². The minimum absolute atomic E-state index is 0.384. The van der Waals surface area contributed by atoms with Crippen LogP contribution in [0.25, 0.3) is 11.1 Å². The third-order valence-electron chi connectivity index (χ3n) is 4.49. The molecule has 0 bridgehead atoms. The van der Waals surface area contributed by atoms with Gasteiger partial charge in [0, 0.05) is 30.3 Å². The van der Waals surface area contributed by atoms with E-state index in [4.69, 9.17) is 4.42 Å². The van der Waals surface area contributed by atoms with Gasteiger partial charge in [0.2, 0.25) is 0 Å². The molecular weight excluding hydrogens is 242 g/mol. The molecular formula is C14H17N3O2. The number of aromatic nitrogens is 1. The molecule has 1 aromatic carbocycles. The molecule has 2 aromatic rings. The predicted molar refractivity (Wildman–Crippen MR) is 73.6 cm³/mol. The number of benzene rings is 1. The van der Waals surface area contributed by atoms with Crippen molar-refractivity contribution in [3.8, 4) is 0 Å². The summed E-state index contributed by atoms with van der Waals surface area (Å²) in [4.78, 5) is 16.2. The highest BCUT2D eigenvalue weighted by Crippen LogP contribution is 2.41. The van der Waals surface area contributed by atoms with Crippen LogP contribution in [0.2, 0.25) is 0 Å². The van der Waals surface area contributed by atoms with Crippen molar-refractivity contribution in [2.24, 2.45) is 5.41 Å². The second-order valence-corrected chi connectivity index (χ2v) is 5.80. The Labute approximate surface area is 110 Å². The quantitative estimate of drug-likeness (QED) is 0.810. The molecule has 5 heteroatoms. The first-order valence-corrected chi connectivity index (χ1v) is 6.83. The number of rotatable bonds is 1. The molecule has 0 aliphatic carbocycles. The van der Waals surface area contributed by atoms with Gasteiger partial charge < -0.3 is 14.6 Å². The van der Waals surface area contributed by atoms with Gasteiger partial charge in [0.05, 0.1) is 5.52 Å². The van der Waals surface area contributed by atoms with Gasteiger partial charge in [-0.1, -0.05) is 0 Å². The molecule has 2 fully saturated rings. The molecule has 2 aliphatic heterocycles. The van der Waals surface area contributed by atoms with E-state index < -0.39 is 0 Å². The number of fused-ring (bicyclic) bond motifs is 1. The lowest BCUT2D eigenvalue weighted by molar-refractivity contribution is 0.150. The molecule has 1 spiro atoms. The number of oxazole rings is 1. The van der Waals surface area contributed by atoms with Crippen LogP contribution in [-0.2, 0) is 0 Å². The topological polar surface area (TPSA) is 61.3 Å². The Kier molecular flexibility index (Phi) is 2.26. The van der Waals surface area contributed by atoms with Crippen LogP contribution >= 0.6 is 0 Å². The fourth-order valence-electron chi connectivity index (χ4n) is 3.35. The highest BCUT2D eigenvalue weighted by atomic mass is 16.4. The molecule has 2 saturated heterocycles. The first-order chi connectivity index (χ1) is 9.24. The van der Waals surface area contributed by atoms with Crippen LogP contribution in [-0.4, -0.2) is 31.2 Å². The van der Waals surface area contributed by atoms with E-state index in [0.29, 0.717) is 11.0 Å². The summed E-state index contributed by atoms with van der Waals surface area (Å²) in [5, 5.41) is 3.42. The van der Waals surface area contributed by atoms with Crippen molar-refractivity contribution in [1.82, 2.24) is 10.3 Å². The van der Waals surface area contributed by atoms with Gasteiger partial charge in [-0.2, -0.15) is 0 Å². The molecule has 0 radical (unpaired) electrons. The average molecular weight is 259 g/mol. The van der Waals surface area contributed by atoms with E-state index in [2.05, 4.69) is 21.3 Å². The van der Waals surface area contributed by atoms with E-state index in [1.54, 1.807) is 0 Å². The Balaban J connectivity index is 1.57. The second-order valence-electron chi connectivity index (χ2n) is 5.80. The second kappa shape index (κ2) is 3.87. The lowest BCUT2D eigenvalue weighted by Gasteiger charge is -2.53. The Morgan fingerprint density at radius 2 is 2.00 bits per heavy atom. The molecule has 19 heavy (non-hydrogen) atoms. The van der Waals surface area contributed by atoms with E-state index in [-0.39, 0.29) is 5.76 Å². The minimum Gasteiger partial charge on any atom is -0.408 e. The molecule has 0 amide bonds. The fraction of sp³-hybridized carbons (Fsp3) is 0.500. The average Bonchev–Trinajstić information content (AvgIpc) is 2.76. The van der Waals surface area contributed by atoms with E-state index in [9.17, 15) is 4.79 Å². The molecule has 0 saturated carbocycles. The highest BCUT2D eigenvalue weighted by molar-refractivity contribution is 5.77. The van der Waals surface area contributed by atoms with Crippen LogP contribution in [0.15, 0.2) is 27.4 Å². The summed E-state index contributed by atoms with van der Waals surface area (Å²) in [5.41, 5.74) is 3.08. The summed E-state index contributed by atoms with van der Waals surface area (Å²) in [6.07, 6.45) is 2.54. The van der Waals surface area contributed by atoms with E-state index in [0.717, 1.165) is 37.4 Å². The number of anilines is 1. The van der Waals surface area contributed by atoms with Gasteiger partial charge in [-0.15, -0.1) is 0 Å². The zero-order valence-corrected chi connectivity index (χ0v) is 10.7. The zero-order chi connectivity index (χ0) is 12.9. The number of hydrogen-bond acceptors (Lipinski definition) is 4. The van der Waals surface area contributed by atoms with E-state index in [1.165, 1.54) is 12.8 Å². The van der Waals surface area contributed by atoms with Crippen LogP contribution in [0.5, 0.6) is 0 Å². The van der Waals surface area contributed by atoms with Gasteiger partial charge in [0.25, 0.3) is 0 Å². The van der Waals surface area contributed by atoms with Crippen LogP contribution < -0.4 is 16.0 Å². The Morgan fingerprint density at radius 3 is 2.79 bits per heavy atom. The lowest BCUT2D eigenvalue weighted by Crippen LogP contribution is -2.60. The Bertz CT molecular complexity index is 659. The summed E-state index contributed by atoms with van der Waals surface area (Å²) < 4.78 is 5.12. The van der Waals surface area contributed by atoms with Crippen LogP contribution in [0.3, 0.4) is 0 Å². The van der Waals surface area contributed by atoms with Crippen molar-refractivity contribution in [2.75, 3.05) is 31.1 Å². The van der Waals surface area contributed by atoms with Crippen LogP contribution in [0, 0.1) is 5.41 Å². The van der Waals surface area contributed by atoms with Crippen molar-refractivity contribution < 1.29 is 4.42 Å². The van der Waals surface area contributed by atoms with Crippen molar-refractivity contribution >= 4 is 16.8 Å². The predicted octanol–water partition coefficient (Wildman–Crippen LogP) is 1.31. The van der Waals surface area contributed by atoms with Crippen molar-refractivity contribution in [2.45, 2.75) is 12.8 Å². The number of piperidine rings is 1. The summed E-state index contributed by atoms with van der Waals surface area (Å²) >= 11 is 0.